The highest BCUT2D eigenvalue weighted by Gasteiger charge is 1.98. The summed E-state index contributed by atoms with van der Waals surface area (Å²) in [7, 11) is 1.83. The summed E-state index contributed by atoms with van der Waals surface area (Å²) >= 11 is 0. The number of amidine groups is 1. The van der Waals surface area contributed by atoms with E-state index >= 15 is 0 Å². The lowest BCUT2D eigenvalue weighted by atomic mass is 10.4. The summed E-state index contributed by atoms with van der Waals surface area (Å²) in [6, 6.07) is 0.325. The van der Waals surface area contributed by atoms with Gasteiger partial charge in [-0.1, -0.05) is 6.58 Å². The Morgan fingerprint density at radius 1 is 1.64 bits per heavy atom. The monoisotopic (exact) mass is 155 g/mol. The lowest BCUT2D eigenvalue weighted by Crippen LogP contribution is -2.34. The fraction of sp³-hybridized carbons (Fsp3) is 0.625. The van der Waals surface area contributed by atoms with E-state index in [-0.39, 0.29) is 0 Å². The Balaban J connectivity index is 4.18. The van der Waals surface area contributed by atoms with Gasteiger partial charge in [-0.15, -0.1) is 0 Å². The van der Waals surface area contributed by atoms with Crippen LogP contribution in [0.2, 0.25) is 0 Å². The molecule has 11 heavy (non-hydrogen) atoms. The molecule has 0 spiro atoms. The second kappa shape index (κ2) is 4.91. The van der Waals surface area contributed by atoms with Crippen molar-refractivity contribution in [2.75, 3.05) is 7.05 Å². The zero-order valence-corrected chi connectivity index (χ0v) is 7.76. The van der Waals surface area contributed by atoms with Gasteiger partial charge in [0.2, 0.25) is 0 Å². The van der Waals surface area contributed by atoms with Gasteiger partial charge >= 0.3 is 0 Å². The van der Waals surface area contributed by atoms with Crippen LogP contribution >= 0.6 is 0 Å². The van der Waals surface area contributed by atoms with Gasteiger partial charge in [0.25, 0.3) is 0 Å². The van der Waals surface area contributed by atoms with Gasteiger partial charge in [0.1, 0.15) is 5.84 Å². The van der Waals surface area contributed by atoms with Crippen molar-refractivity contribution < 1.29 is 0 Å². The molecule has 3 heteroatoms. The summed E-state index contributed by atoms with van der Waals surface area (Å²) in [5, 5.41) is 1.78. The fourth-order valence-electron chi connectivity index (χ4n) is 0.821. The van der Waals surface area contributed by atoms with Gasteiger partial charge in [-0.25, -0.2) is 5.43 Å². The van der Waals surface area contributed by atoms with Crippen LogP contribution in [0.15, 0.2) is 17.8 Å². The maximum absolute atomic E-state index is 4.33. The standard InChI is InChI=1S/C8H17N3/c1-6-11(9-5)8(4)10-7(2)3/h6-7,9H,1H2,2-5H3. The Morgan fingerprint density at radius 2 is 2.18 bits per heavy atom. The first-order chi connectivity index (χ1) is 5.11. The van der Waals surface area contributed by atoms with Crippen molar-refractivity contribution in [3.63, 3.8) is 0 Å². The highest BCUT2D eigenvalue weighted by atomic mass is 15.5. The first kappa shape index (κ1) is 10.2. The molecule has 0 unspecified atom stereocenters. The van der Waals surface area contributed by atoms with Gasteiger partial charge in [0.05, 0.1) is 0 Å². The second-order valence-corrected chi connectivity index (χ2v) is 2.55. The highest BCUT2D eigenvalue weighted by Crippen LogP contribution is 1.92. The largest absolute Gasteiger partial charge is 0.272 e. The molecule has 0 amide bonds. The summed E-state index contributed by atoms with van der Waals surface area (Å²) in [5.74, 6) is 0.928. The van der Waals surface area contributed by atoms with Crippen LogP contribution in [0.3, 0.4) is 0 Å². The van der Waals surface area contributed by atoms with Crippen LogP contribution in [0.4, 0.5) is 0 Å². The minimum atomic E-state index is 0.325. The zero-order valence-electron chi connectivity index (χ0n) is 7.76. The molecule has 0 aromatic carbocycles. The van der Waals surface area contributed by atoms with Crippen LogP contribution in [0, 0.1) is 0 Å². The summed E-state index contributed by atoms with van der Waals surface area (Å²) < 4.78 is 0. The van der Waals surface area contributed by atoms with Crippen molar-refractivity contribution in [3.05, 3.63) is 12.8 Å². The van der Waals surface area contributed by atoms with E-state index in [1.165, 1.54) is 0 Å². The SMILES string of the molecule is C=CN(NC)C(C)=NC(C)C. The van der Waals surface area contributed by atoms with E-state index in [0.29, 0.717) is 6.04 Å². The summed E-state index contributed by atoms with van der Waals surface area (Å²) in [4.78, 5) is 4.33. The lowest BCUT2D eigenvalue weighted by Gasteiger charge is -2.18. The fourth-order valence-corrected chi connectivity index (χ4v) is 0.821. The van der Waals surface area contributed by atoms with Gasteiger partial charge in [0, 0.05) is 19.3 Å². The Labute approximate surface area is 68.8 Å². The first-order valence-electron chi connectivity index (χ1n) is 3.75. The predicted molar refractivity (Wildman–Crippen MR) is 49.3 cm³/mol. The predicted octanol–water partition coefficient (Wildman–Crippen LogP) is 1.39. The Hall–Kier alpha value is -0.830. The van der Waals surface area contributed by atoms with E-state index in [4.69, 9.17) is 0 Å². The number of hydrazine groups is 1. The van der Waals surface area contributed by atoms with Crippen LogP contribution in [0.25, 0.3) is 0 Å². The van der Waals surface area contributed by atoms with Crippen molar-refractivity contribution >= 4 is 5.84 Å². The number of hydrogen-bond acceptors (Lipinski definition) is 2. The topological polar surface area (TPSA) is 27.6 Å². The van der Waals surface area contributed by atoms with Gasteiger partial charge < -0.3 is 0 Å². The van der Waals surface area contributed by atoms with Crippen LogP contribution in [0.1, 0.15) is 20.8 Å². The molecule has 0 aromatic rings. The minimum Gasteiger partial charge on any atom is -0.272 e. The van der Waals surface area contributed by atoms with Gasteiger partial charge in [0.15, 0.2) is 0 Å². The Bertz CT molecular complexity index is 149. The average Bonchev–Trinajstić information content (AvgIpc) is 1.88. The lowest BCUT2D eigenvalue weighted by molar-refractivity contribution is 0.448. The van der Waals surface area contributed by atoms with Crippen molar-refractivity contribution in [2.24, 2.45) is 4.99 Å². The van der Waals surface area contributed by atoms with E-state index in [1.54, 1.807) is 11.2 Å². The molecule has 0 rings (SSSR count). The number of rotatable bonds is 3. The third-order valence-corrected chi connectivity index (χ3v) is 1.22. The third-order valence-electron chi connectivity index (χ3n) is 1.22. The first-order valence-corrected chi connectivity index (χ1v) is 3.75. The molecule has 0 aliphatic rings. The number of nitrogens with zero attached hydrogens (tertiary/aromatic N) is 2. The molecular weight excluding hydrogens is 138 g/mol. The van der Waals surface area contributed by atoms with E-state index in [9.17, 15) is 0 Å². The van der Waals surface area contributed by atoms with E-state index in [1.807, 2.05) is 27.8 Å². The molecule has 0 fully saturated rings. The normalized spacial score (nSPS) is 11.9. The van der Waals surface area contributed by atoms with Crippen LogP contribution in [-0.4, -0.2) is 23.9 Å². The van der Waals surface area contributed by atoms with E-state index in [0.717, 1.165) is 5.84 Å². The van der Waals surface area contributed by atoms with Crippen LogP contribution in [-0.2, 0) is 0 Å². The van der Waals surface area contributed by atoms with E-state index in [2.05, 4.69) is 17.0 Å². The summed E-state index contributed by atoms with van der Waals surface area (Å²) in [5.41, 5.74) is 2.94. The molecule has 0 aliphatic heterocycles. The maximum Gasteiger partial charge on any atom is 0.114 e. The van der Waals surface area contributed by atoms with E-state index < -0.39 is 0 Å². The Kier molecular flexibility index (Phi) is 4.54. The van der Waals surface area contributed by atoms with Crippen molar-refractivity contribution in [2.45, 2.75) is 26.8 Å². The number of nitrogens with one attached hydrogen (secondary N) is 1. The quantitative estimate of drug-likeness (QED) is 0.379. The number of aliphatic imine (C=N–C) groups is 1. The zero-order chi connectivity index (χ0) is 8.85. The average molecular weight is 155 g/mol. The minimum absolute atomic E-state index is 0.325. The van der Waals surface area contributed by atoms with Crippen molar-refractivity contribution in [1.82, 2.24) is 10.4 Å². The highest BCUT2D eigenvalue weighted by molar-refractivity contribution is 5.80. The molecule has 0 atom stereocenters. The smallest absolute Gasteiger partial charge is 0.114 e. The Morgan fingerprint density at radius 3 is 2.45 bits per heavy atom. The molecule has 0 bridgehead atoms. The molecule has 0 radical (unpaired) electrons. The maximum atomic E-state index is 4.33. The molecule has 3 nitrogen and oxygen atoms in total. The van der Waals surface area contributed by atoms with Crippen LogP contribution < -0.4 is 5.43 Å². The molecule has 1 N–H and O–H groups in total. The molecule has 0 heterocycles. The molecule has 0 saturated heterocycles. The third kappa shape index (κ3) is 3.78. The van der Waals surface area contributed by atoms with Crippen molar-refractivity contribution in [3.8, 4) is 0 Å². The molecule has 64 valence electrons. The van der Waals surface area contributed by atoms with Crippen LogP contribution in [0.5, 0.6) is 0 Å². The summed E-state index contributed by atoms with van der Waals surface area (Å²) in [6.45, 7) is 9.67. The second-order valence-electron chi connectivity index (χ2n) is 2.55. The van der Waals surface area contributed by atoms with Gasteiger partial charge in [-0.05, 0) is 20.8 Å². The molecule has 0 saturated carbocycles. The van der Waals surface area contributed by atoms with Gasteiger partial charge in [-0.3, -0.25) is 10.0 Å². The van der Waals surface area contributed by atoms with Gasteiger partial charge in [-0.2, -0.15) is 0 Å². The molecular formula is C8H17N3. The summed E-state index contributed by atoms with van der Waals surface area (Å²) in [6.07, 6.45) is 1.70. The molecule has 0 aromatic heterocycles. The van der Waals surface area contributed by atoms with Crippen molar-refractivity contribution in [1.29, 1.82) is 0 Å². The number of hydrogen-bond donors (Lipinski definition) is 1. The molecule has 0 aliphatic carbocycles.